The van der Waals surface area contributed by atoms with Crippen LogP contribution >= 0.6 is 11.3 Å². The van der Waals surface area contributed by atoms with E-state index in [1.54, 1.807) is 0 Å². The summed E-state index contributed by atoms with van der Waals surface area (Å²) in [7, 11) is -2.81. The molecule has 0 N–H and O–H groups in total. The molecule has 5 heteroatoms. The predicted octanol–water partition coefficient (Wildman–Crippen LogP) is 13.4. The second-order valence-corrected chi connectivity index (χ2v) is 21.8. The Bertz CT molecular complexity index is 3650. The number of hydrogen-bond donors (Lipinski definition) is 0. The number of benzene rings is 7. The van der Waals surface area contributed by atoms with Gasteiger partial charge in [-0.3, -0.25) is 4.98 Å². The number of para-hydroxylation sites is 3. The van der Waals surface area contributed by atoms with E-state index in [0.717, 1.165) is 6.42 Å². The van der Waals surface area contributed by atoms with Crippen LogP contribution in [0.5, 0.6) is 0 Å². The predicted molar refractivity (Wildman–Crippen MR) is 276 cm³/mol. The Morgan fingerprint density at radius 3 is 2.05 bits per heavy atom. The van der Waals surface area contributed by atoms with Crippen molar-refractivity contribution in [2.24, 2.45) is 0 Å². The molecule has 3 aliphatic rings. The zero-order valence-electron chi connectivity index (χ0n) is 35.1. The first-order valence-electron chi connectivity index (χ1n) is 22.0. The van der Waals surface area contributed by atoms with E-state index < -0.39 is 8.07 Å². The van der Waals surface area contributed by atoms with Crippen molar-refractivity contribution in [2.75, 3.05) is 4.90 Å². The van der Waals surface area contributed by atoms with Crippen LogP contribution in [-0.4, -0.2) is 23.7 Å². The van der Waals surface area contributed by atoms with Crippen molar-refractivity contribution < 1.29 is 0 Å². The van der Waals surface area contributed by atoms with Crippen molar-refractivity contribution in [1.82, 2.24) is 9.55 Å². The highest BCUT2D eigenvalue weighted by Crippen LogP contribution is 2.46. The number of nitrogens with zero attached hydrogens (tertiary/aromatic N) is 3. The van der Waals surface area contributed by atoms with Crippen LogP contribution in [-0.2, 0) is 0 Å². The van der Waals surface area contributed by atoms with E-state index in [-0.39, 0.29) is 6.04 Å². The van der Waals surface area contributed by atoms with Crippen LogP contribution in [0.3, 0.4) is 0 Å². The van der Waals surface area contributed by atoms with Gasteiger partial charge in [0.1, 0.15) is 0 Å². The molecule has 302 valence electrons. The molecular formula is C59H41N3SSi. The first-order valence-corrected chi connectivity index (χ1v) is 24.8. The van der Waals surface area contributed by atoms with Crippen molar-refractivity contribution in [3.8, 4) is 22.3 Å². The maximum Gasteiger partial charge on any atom is 0.182 e. The maximum absolute atomic E-state index is 4.53. The molecule has 3 aromatic heterocycles. The highest BCUT2D eigenvalue weighted by Gasteiger charge is 2.54. The number of aromatic nitrogens is 2. The van der Waals surface area contributed by atoms with Crippen LogP contribution in [0.25, 0.3) is 75.5 Å². The molecule has 1 aliphatic carbocycles. The normalized spacial score (nSPS) is 17.3. The van der Waals surface area contributed by atoms with Crippen molar-refractivity contribution in [3.63, 3.8) is 0 Å². The molecule has 0 fully saturated rings. The lowest BCUT2D eigenvalue weighted by molar-refractivity contribution is 0.784. The molecule has 7 aromatic carbocycles. The van der Waals surface area contributed by atoms with Gasteiger partial charge in [0, 0.05) is 60.4 Å². The number of rotatable bonds is 7. The number of thiophene rings is 1. The van der Waals surface area contributed by atoms with E-state index in [4.69, 9.17) is 0 Å². The number of fused-ring (bicyclic) bond motifs is 13. The summed E-state index contributed by atoms with van der Waals surface area (Å²) >= 11 is 1.90. The molecule has 0 amide bonds. The topological polar surface area (TPSA) is 21.1 Å². The third kappa shape index (κ3) is 5.17. The lowest BCUT2D eigenvalue weighted by atomic mass is 9.99. The second-order valence-electron chi connectivity index (χ2n) is 17.1. The Labute approximate surface area is 377 Å². The fraction of sp³-hybridized carbons (Fsp3) is 0.0339. The molecule has 2 unspecified atom stereocenters. The van der Waals surface area contributed by atoms with Crippen molar-refractivity contribution in [2.45, 2.75) is 12.5 Å². The van der Waals surface area contributed by atoms with Crippen LogP contribution in [0.15, 0.2) is 225 Å². The minimum absolute atomic E-state index is 0.123. The minimum Gasteiger partial charge on any atom is -0.334 e. The number of pyridine rings is 1. The van der Waals surface area contributed by atoms with E-state index in [0.29, 0.717) is 0 Å². The minimum atomic E-state index is -2.81. The lowest BCUT2D eigenvalue weighted by Gasteiger charge is -2.33. The molecular weight excluding hydrogens is 811 g/mol. The molecule has 2 atom stereocenters. The van der Waals surface area contributed by atoms with Crippen LogP contribution in [0.4, 0.5) is 11.4 Å². The first-order chi connectivity index (χ1) is 31.6. The third-order valence-corrected chi connectivity index (χ3v) is 20.1. The molecule has 13 rings (SSSR count). The Balaban J connectivity index is 0.975. The Morgan fingerprint density at radius 2 is 1.30 bits per heavy atom. The van der Waals surface area contributed by atoms with Gasteiger partial charge in [0.05, 0.1) is 17.1 Å². The van der Waals surface area contributed by atoms with Gasteiger partial charge in [0.25, 0.3) is 0 Å². The van der Waals surface area contributed by atoms with E-state index in [9.17, 15) is 0 Å². The largest absolute Gasteiger partial charge is 0.334 e. The van der Waals surface area contributed by atoms with Crippen molar-refractivity contribution >= 4 is 99.6 Å². The van der Waals surface area contributed by atoms with Crippen LogP contribution < -0.4 is 20.5 Å². The van der Waals surface area contributed by atoms with Gasteiger partial charge in [-0.25, -0.2) is 0 Å². The molecule has 0 bridgehead atoms. The SMILES string of the molecule is C=CC1=C(C=C)[Si]2(c3ccccc31)c1cc(-c3ccncc3)ccc1-c1cc3sc4ccc(N(c5ccccc5)C5C=CC(n6c7ccccc7c7ccccc76)=CC5)cc4c3cc12. The van der Waals surface area contributed by atoms with Gasteiger partial charge >= 0.3 is 0 Å². The standard InChI is InChI=1S/C59H41N3SSi/c1-3-44-47-18-10-13-21-57(47)64(56(44)4-2)58-34-39(38-30-32-60-33-31-38)22-28-48(58)51-36-55-50(37-59(51)64)49-35-43(27-29-54(49)63-55)61(40-14-6-5-7-15-40)41-23-25-42(26-24-41)62-52-19-11-8-16-45(52)46-17-9-12-20-53(46)62/h3-23,25-37,41H,1-2,24H2. The number of hydrogen-bond acceptors (Lipinski definition) is 3. The zero-order chi connectivity index (χ0) is 42.5. The number of allylic oxidation sites excluding steroid dienone is 6. The molecule has 0 radical (unpaired) electrons. The van der Waals surface area contributed by atoms with Gasteiger partial charge in [-0.2, -0.15) is 0 Å². The van der Waals surface area contributed by atoms with E-state index in [1.807, 2.05) is 23.7 Å². The fourth-order valence-electron chi connectivity index (χ4n) is 11.3. The average molecular weight is 852 g/mol. The first kappa shape index (κ1) is 37.0. The van der Waals surface area contributed by atoms with Gasteiger partial charge in [-0.05, 0) is 127 Å². The van der Waals surface area contributed by atoms with E-state index in [1.165, 1.54) is 113 Å². The highest BCUT2D eigenvalue weighted by atomic mass is 32.1. The van der Waals surface area contributed by atoms with Gasteiger partial charge in [0.15, 0.2) is 8.07 Å². The fourth-order valence-corrected chi connectivity index (χ4v) is 18.1. The van der Waals surface area contributed by atoms with E-state index >= 15 is 0 Å². The van der Waals surface area contributed by atoms with E-state index in [2.05, 4.69) is 222 Å². The maximum atomic E-state index is 4.53. The van der Waals surface area contributed by atoms with Gasteiger partial charge in [-0.1, -0.05) is 141 Å². The van der Waals surface area contributed by atoms with Crippen LogP contribution in [0, 0.1) is 0 Å². The molecule has 64 heavy (non-hydrogen) atoms. The second kappa shape index (κ2) is 14.2. The van der Waals surface area contributed by atoms with Crippen LogP contribution in [0.2, 0.25) is 0 Å². The summed E-state index contributed by atoms with van der Waals surface area (Å²) in [5, 5.41) is 10.8. The molecule has 3 nitrogen and oxygen atoms in total. The Kier molecular flexibility index (Phi) is 8.23. The molecule has 0 saturated heterocycles. The molecule has 10 aromatic rings. The van der Waals surface area contributed by atoms with Gasteiger partial charge in [-0.15, -0.1) is 11.3 Å². The quantitative estimate of drug-likeness (QED) is 0.149. The summed E-state index contributed by atoms with van der Waals surface area (Å²) in [6.07, 6.45) is 16.0. The van der Waals surface area contributed by atoms with Gasteiger partial charge < -0.3 is 9.47 Å². The molecule has 0 saturated carbocycles. The summed E-state index contributed by atoms with van der Waals surface area (Å²) in [6.45, 7) is 8.91. The zero-order valence-corrected chi connectivity index (χ0v) is 36.9. The lowest BCUT2D eigenvalue weighted by Crippen LogP contribution is -2.64. The Hall–Kier alpha value is -7.57. The molecule has 1 spiro atoms. The van der Waals surface area contributed by atoms with Crippen molar-refractivity contribution in [3.05, 3.63) is 230 Å². The molecule has 5 heterocycles. The van der Waals surface area contributed by atoms with Crippen molar-refractivity contribution in [1.29, 1.82) is 0 Å². The van der Waals surface area contributed by atoms with Gasteiger partial charge in [0.2, 0.25) is 0 Å². The monoisotopic (exact) mass is 851 g/mol. The summed E-state index contributed by atoms with van der Waals surface area (Å²) in [4.78, 5) is 6.86. The third-order valence-electron chi connectivity index (χ3n) is 14.0. The summed E-state index contributed by atoms with van der Waals surface area (Å²) in [6, 6.07) is 61.1. The molecule has 2 aliphatic heterocycles. The summed E-state index contributed by atoms with van der Waals surface area (Å²) in [5.74, 6) is 0. The van der Waals surface area contributed by atoms with Crippen LogP contribution in [0.1, 0.15) is 12.0 Å². The summed E-state index contributed by atoms with van der Waals surface area (Å²) < 4.78 is 5.03. The number of anilines is 2. The highest BCUT2D eigenvalue weighted by molar-refractivity contribution is 7.26. The Morgan fingerprint density at radius 1 is 0.578 bits per heavy atom. The average Bonchev–Trinajstić information content (AvgIpc) is 4.06. The smallest absolute Gasteiger partial charge is 0.182 e. The summed E-state index contributed by atoms with van der Waals surface area (Å²) in [5.41, 5.74) is 13.6.